The molecule has 0 spiro atoms. The Bertz CT molecular complexity index is 1090. The lowest BCUT2D eigenvalue weighted by Crippen LogP contribution is -2.30. The second kappa shape index (κ2) is 8.72. The summed E-state index contributed by atoms with van der Waals surface area (Å²) < 4.78 is 13.6. The third-order valence-corrected chi connectivity index (χ3v) is 5.64. The van der Waals surface area contributed by atoms with Gasteiger partial charge in [-0.2, -0.15) is 0 Å². The van der Waals surface area contributed by atoms with Crippen LogP contribution in [0.2, 0.25) is 0 Å². The standard InChI is InChI=1S/C26H24FNO2/c1-18(29)21-7-5-19(6-8-21)14-26(30)23-4-2-3-20(13-23)16-28-12-11-22-9-10-25(27)15-24(22)17-28/h2-10,13,15H,11-12,14,16-17H2,1H3. The zero-order chi connectivity index (χ0) is 21.1. The number of carbonyl (C=O) groups excluding carboxylic acids is 2. The molecule has 0 aliphatic carbocycles. The van der Waals surface area contributed by atoms with Crippen LogP contribution in [0.3, 0.4) is 0 Å². The molecule has 0 aromatic heterocycles. The number of fused-ring (bicyclic) bond motifs is 1. The van der Waals surface area contributed by atoms with Crippen LogP contribution >= 0.6 is 0 Å². The van der Waals surface area contributed by atoms with Crippen molar-refractivity contribution in [3.8, 4) is 0 Å². The van der Waals surface area contributed by atoms with Gasteiger partial charge in [-0.25, -0.2) is 4.39 Å². The number of hydrogen-bond acceptors (Lipinski definition) is 3. The summed E-state index contributed by atoms with van der Waals surface area (Å²) in [7, 11) is 0. The van der Waals surface area contributed by atoms with Crippen LogP contribution in [-0.4, -0.2) is 23.0 Å². The van der Waals surface area contributed by atoms with E-state index in [0.29, 0.717) is 24.1 Å². The van der Waals surface area contributed by atoms with Crippen LogP contribution < -0.4 is 0 Å². The number of ketones is 2. The summed E-state index contributed by atoms with van der Waals surface area (Å²) in [6, 6.07) is 20.0. The molecule has 0 atom stereocenters. The van der Waals surface area contributed by atoms with Crippen LogP contribution in [0.1, 0.15) is 49.9 Å². The van der Waals surface area contributed by atoms with E-state index in [-0.39, 0.29) is 17.4 Å². The lowest BCUT2D eigenvalue weighted by atomic mass is 9.98. The van der Waals surface area contributed by atoms with Crippen molar-refractivity contribution < 1.29 is 14.0 Å². The summed E-state index contributed by atoms with van der Waals surface area (Å²) >= 11 is 0. The molecule has 0 unspecified atom stereocenters. The number of nitrogens with zero attached hydrogens (tertiary/aromatic N) is 1. The van der Waals surface area contributed by atoms with E-state index < -0.39 is 0 Å². The van der Waals surface area contributed by atoms with Gasteiger partial charge in [-0.15, -0.1) is 0 Å². The van der Waals surface area contributed by atoms with Crippen LogP contribution in [0.15, 0.2) is 66.7 Å². The van der Waals surface area contributed by atoms with Gasteiger partial charge in [-0.05, 0) is 53.8 Å². The van der Waals surface area contributed by atoms with E-state index in [0.717, 1.165) is 36.2 Å². The van der Waals surface area contributed by atoms with Gasteiger partial charge in [-0.3, -0.25) is 14.5 Å². The van der Waals surface area contributed by atoms with Gasteiger partial charge in [0.15, 0.2) is 11.6 Å². The van der Waals surface area contributed by atoms with Gasteiger partial charge in [0.05, 0.1) is 0 Å². The normalized spacial score (nSPS) is 13.7. The number of halogens is 1. The van der Waals surface area contributed by atoms with E-state index >= 15 is 0 Å². The third kappa shape index (κ3) is 4.71. The van der Waals surface area contributed by atoms with Gasteiger partial charge in [0.1, 0.15) is 5.82 Å². The fourth-order valence-electron chi connectivity index (χ4n) is 3.97. The molecule has 0 amide bonds. The van der Waals surface area contributed by atoms with Crippen molar-refractivity contribution in [2.75, 3.05) is 6.54 Å². The zero-order valence-electron chi connectivity index (χ0n) is 17.0. The maximum Gasteiger partial charge on any atom is 0.167 e. The molecule has 1 aliphatic rings. The van der Waals surface area contributed by atoms with E-state index in [4.69, 9.17) is 0 Å². The largest absolute Gasteiger partial charge is 0.295 e. The molecule has 30 heavy (non-hydrogen) atoms. The van der Waals surface area contributed by atoms with Crippen LogP contribution in [0, 0.1) is 5.82 Å². The highest BCUT2D eigenvalue weighted by Gasteiger charge is 2.17. The fraction of sp³-hybridized carbons (Fsp3) is 0.231. The first-order valence-electron chi connectivity index (χ1n) is 10.2. The van der Waals surface area contributed by atoms with Gasteiger partial charge in [0.25, 0.3) is 0 Å². The minimum atomic E-state index is -0.195. The molecule has 4 rings (SSSR count). The Morgan fingerprint density at radius 1 is 0.900 bits per heavy atom. The van der Waals surface area contributed by atoms with Gasteiger partial charge in [-0.1, -0.05) is 48.5 Å². The van der Waals surface area contributed by atoms with Crippen LogP contribution in [0.4, 0.5) is 4.39 Å². The first-order valence-corrected chi connectivity index (χ1v) is 10.2. The maximum atomic E-state index is 13.6. The maximum absolute atomic E-state index is 13.6. The number of Topliss-reactive ketones (excluding diaryl/α,β-unsaturated/α-hetero) is 2. The smallest absolute Gasteiger partial charge is 0.167 e. The topological polar surface area (TPSA) is 37.4 Å². The van der Waals surface area contributed by atoms with E-state index in [9.17, 15) is 14.0 Å². The van der Waals surface area contributed by atoms with E-state index in [1.165, 1.54) is 18.6 Å². The Hall–Kier alpha value is -3.11. The summed E-state index contributed by atoms with van der Waals surface area (Å²) in [4.78, 5) is 26.4. The molecule has 3 aromatic carbocycles. The Morgan fingerprint density at radius 3 is 2.47 bits per heavy atom. The van der Waals surface area contributed by atoms with E-state index in [2.05, 4.69) is 4.90 Å². The first-order chi connectivity index (χ1) is 14.5. The Kier molecular flexibility index (Phi) is 5.86. The first kappa shape index (κ1) is 20.2. The molecule has 152 valence electrons. The summed E-state index contributed by atoms with van der Waals surface area (Å²) in [5.74, 6) is -0.123. The number of rotatable bonds is 6. The van der Waals surface area contributed by atoms with E-state index in [1.807, 2.05) is 42.5 Å². The molecular formula is C26H24FNO2. The molecule has 0 bridgehead atoms. The van der Waals surface area contributed by atoms with Crippen molar-refractivity contribution in [3.05, 3.63) is 106 Å². The van der Waals surface area contributed by atoms with Gasteiger partial charge in [0, 0.05) is 37.2 Å². The lowest BCUT2D eigenvalue weighted by Gasteiger charge is -2.28. The van der Waals surface area contributed by atoms with Crippen LogP contribution in [0.5, 0.6) is 0 Å². The summed E-state index contributed by atoms with van der Waals surface area (Å²) in [6.07, 6.45) is 1.21. The van der Waals surface area contributed by atoms with E-state index in [1.54, 1.807) is 18.2 Å². The highest BCUT2D eigenvalue weighted by molar-refractivity contribution is 5.98. The fourth-order valence-corrected chi connectivity index (χ4v) is 3.97. The molecular weight excluding hydrogens is 377 g/mol. The zero-order valence-corrected chi connectivity index (χ0v) is 17.0. The number of carbonyl (C=O) groups is 2. The molecule has 0 fully saturated rings. The average Bonchev–Trinajstić information content (AvgIpc) is 2.74. The van der Waals surface area contributed by atoms with Crippen LogP contribution in [0.25, 0.3) is 0 Å². The molecule has 1 aliphatic heterocycles. The molecule has 3 aromatic rings. The highest BCUT2D eigenvalue weighted by atomic mass is 19.1. The van der Waals surface area contributed by atoms with Crippen molar-refractivity contribution in [3.63, 3.8) is 0 Å². The molecule has 4 heteroatoms. The molecule has 1 heterocycles. The van der Waals surface area contributed by atoms with Crippen molar-refractivity contribution in [1.29, 1.82) is 0 Å². The number of hydrogen-bond donors (Lipinski definition) is 0. The Balaban J connectivity index is 1.42. The van der Waals surface area contributed by atoms with Gasteiger partial charge < -0.3 is 0 Å². The molecule has 0 N–H and O–H groups in total. The Labute approximate surface area is 176 Å². The monoisotopic (exact) mass is 401 g/mol. The Morgan fingerprint density at radius 2 is 1.70 bits per heavy atom. The summed E-state index contributed by atoms with van der Waals surface area (Å²) in [5.41, 5.74) is 5.57. The average molecular weight is 401 g/mol. The van der Waals surface area contributed by atoms with Crippen molar-refractivity contribution in [1.82, 2.24) is 4.90 Å². The van der Waals surface area contributed by atoms with Crippen molar-refractivity contribution in [2.24, 2.45) is 0 Å². The highest BCUT2D eigenvalue weighted by Crippen LogP contribution is 2.22. The predicted octanol–water partition coefficient (Wildman–Crippen LogP) is 5.01. The molecule has 3 nitrogen and oxygen atoms in total. The third-order valence-electron chi connectivity index (χ3n) is 5.64. The molecule has 0 saturated heterocycles. The summed E-state index contributed by atoms with van der Waals surface area (Å²) in [5, 5.41) is 0. The SMILES string of the molecule is CC(=O)c1ccc(CC(=O)c2cccc(CN3CCc4ccc(F)cc4C3)c2)cc1. The predicted molar refractivity (Wildman–Crippen MR) is 115 cm³/mol. The molecule has 0 saturated carbocycles. The molecule has 0 radical (unpaired) electrons. The second-order valence-corrected chi connectivity index (χ2v) is 7.93. The quantitative estimate of drug-likeness (QED) is 0.545. The number of benzene rings is 3. The van der Waals surface area contributed by atoms with Crippen LogP contribution in [-0.2, 0) is 25.9 Å². The summed E-state index contributed by atoms with van der Waals surface area (Å²) in [6.45, 7) is 3.89. The van der Waals surface area contributed by atoms with Gasteiger partial charge >= 0.3 is 0 Å². The minimum Gasteiger partial charge on any atom is -0.295 e. The lowest BCUT2D eigenvalue weighted by molar-refractivity contribution is 0.0991. The minimum absolute atomic E-state index is 0.0173. The van der Waals surface area contributed by atoms with Crippen molar-refractivity contribution in [2.45, 2.75) is 32.9 Å². The second-order valence-electron chi connectivity index (χ2n) is 7.93. The van der Waals surface area contributed by atoms with Crippen molar-refractivity contribution >= 4 is 11.6 Å². The van der Waals surface area contributed by atoms with Gasteiger partial charge in [0.2, 0.25) is 0 Å².